The van der Waals surface area contributed by atoms with Crippen molar-refractivity contribution in [2.75, 3.05) is 37.8 Å². The minimum Gasteiger partial charge on any atom is -0.470 e. The van der Waals surface area contributed by atoms with Crippen LogP contribution in [0.15, 0.2) is 12.1 Å². The molecule has 118 valence electrons. The van der Waals surface area contributed by atoms with Crippen molar-refractivity contribution in [1.82, 2.24) is 9.88 Å². The van der Waals surface area contributed by atoms with Crippen LogP contribution in [0.1, 0.15) is 33.6 Å². The van der Waals surface area contributed by atoms with Gasteiger partial charge in [-0.1, -0.05) is 0 Å². The fourth-order valence-corrected chi connectivity index (χ4v) is 2.65. The summed E-state index contributed by atoms with van der Waals surface area (Å²) in [6.45, 7) is 8.25. The third-order valence-corrected chi connectivity index (χ3v) is 3.79. The highest BCUT2D eigenvalue weighted by Crippen LogP contribution is 2.28. The smallest absolute Gasteiger partial charge is 0.239 e. The molecule has 1 aliphatic rings. The summed E-state index contributed by atoms with van der Waals surface area (Å²) in [4.78, 5) is 9.23. The highest BCUT2D eigenvalue weighted by Gasteiger charge is 2.23. The molecule has 0 aromatic carbocycles. The van der Waals surface area contributed by atoms with Crippen molar-refractivity contribution >= 4 is 11.5 Å². The van der Waals surface area contributed by atoms with Gasteiger partial charge in [-0.05, 0) is 59.3 Å². The van der Waals surface area contributed by atoms with Crippen LogP contribution < -0.4 is 15.4 Å². The largest absolute Gasteiger partial charge is 0.470 e. The fraction of sp³-hybridized carbons (Fsp3) is 0.688. The van der Waals surface area contributed by atoms with Crippen LogP contribution >= 0.6 is 0 Å². The summed E-state index contributed by atoms with van der Waals surface area (Å²) >= 11 is 0. The molecular weight excluding hydrogens is 264 g/mol. The van der Waals surface area contributed by atoms with E-state index in [1.807, 2.05) is 32.9 Å². The van der Waals surface area contributed by atoms with Gasteiger partial charge in [0, 0.05) is 19.6 Å². The maximum atomic E-state index is 5.98. The van der Waals surface area contributed by atoms with Gasteiger partial charge in [0.15, 0.2) is 0 Å². The lowest BCUT2D eigenvalue weighted by Gasteiger charge is -2.36. The van der Waals surface area contributed by atoms with Crippen LogP contribution in [-0.2, 0) is 0 Å². The highest BCUT2D eigenvalue weighted by atomic mass is 16.5. The van der Waals surface area contributed by atoms with Gasteiger partial charge in [-0.15, -0.1) is 0 Å². The molecule has 1 saturated heterocycles. The molecule has 1 aliphatic heterocycles. The second kappa shape index (κ2) is 6.10. The van der Waals surface area contributed by atoms with Crippen molar-refractivity contribution in [1.29, 1.82) is 0 Å². The second-order valence-corrected chi connectivity index (χ2v) is 6.95. The third kappa shape index (κ3) is 4.24. The van der Waals surface area contributed by atoms with E-state index >= 15 is 0 Å². The zero-order chi connectivity index (χ0) is 15.6. The maximum absolute atomic E-state index is 5.98. The third-order valence-electron chi connectivity index (χ3n) is 3.79. The second-order valence-electron chi connectivity index (χ2n) is 6.95. The first-order valence-electron chi connectivity index (χ1n) is 7.63. The molecule has 5 heteroatoms. The standard InChI is InChI=1S/C16H28N4O/c1-16(2,3)21-15-13(17)8-9-14(18-15)20(5)12-7-6-10-19(4)11-12/h8-9,12H,6-7,10-11,17H2,1-5H3. The number of nitrogen functional groups attached to an aromatic ring is 1. The molecule has 1 aromatic heterocycles. The molecule has 0 saturated carbocycles. The number of hydrogen-bond acceptors (Lipinski definition) is 5. The van der Waals surface area contributed by atoms with Gasteiger partial charge < -0.3 is 20.3 Å². The average Bonchev–Trinajstić information content (AvgIpc) is 2.39. The number of hydrogen-bond donors (Lipinski definition) is 1. The van der Waals surface area contributed by atoms with Crippen LogP contribution in [0.3, 0.4) is 0 Å². The Morgan fingerprint density at radius 1 is 1.38 bits per heavy atom. The van der Waals surface area contributed by atoms with Crippen LogP contribution in [-0.4, -0.2) is 48.7 Å². The Balaban J connectivity index is 2.17. The Labute approximate surface area is 128 Å². The zero-order valence-electron chi connectivity index (χ0n) is 13.9. The number of nitrogens with two attached hydrogens (primary N) is 1. The van der Waals surface area contributed by atoms with E-state index in [-0.39, 0.29) is 5.60 Å². The average molecular weight is 292 g/mol. The Kier molecular flexibility index (Phi) is 4.61. The molecule has 0 aliphatic carbocycles. The number of aromatic nitrogens is 1. The Hall–Kier alpha value is -1.49. The molecule has 2 N–H and O–H groups in total. The first-order chi connectivity index (χ1) is 9.76. The van der Waals surface area contributed by atoms with Gasteiger partial charge in [0.2, 0.25) is 5.88 Å². The minimum absolute atomic E-state index is 0.302. The fourth-order valence-electron chi connectivity index (χ4n) is 2.65. The molecule has 1 aromatic rings. The van der Waals surface area contributed by atoms with Crippen molar-refractivity contribution in [3.63, 3.8) is 0 Å². The van der Waals surface area contributed by atoms with Crippen LogP contribution in [0.4, 0.5) is 11.5 Å². The number of likely N-dealkylation sites (tertiary alicyclic amines) is 1. The van der Waals surface area contributed by atoms with Crippen molar-refractivity contribution in [3.8, 4) is 5.88 Å². The summed E-state index contributed by atoms with van der Waals surface area (Å²) in [5, 5.41) is 0. The Morgan fingerprint density at radius 2 is 2.10 bits per heavy atom. The summed E-state index contributed by atoms with van der Waals surface area (Å²) < 4.78 is 5.86. The molecule has 2 heterocycles. The van der Waals surface area contributed by atoms with Crippen LogP contribution in [0, 0.1) is 0 Å². The van der Waals surface area contributed by atoms with Crippen molar-refractivity contribution in [2.45, 2.75) is 45.3 Å². The van der Waals surface area contributed by atoms with Gasteiger partial charge in [-0.2, -0.15) is 4.98 Å². The molecule has 21 heavy (non-hydrogen) atoms. The van der Waals surface area contributed by atoms with Gasteiger partial charge in [-0.3, -0.25) is 0 Å². The number of anilines is 2. The lowest BCUT2D eigenvalue weighted by Crippen LogP contribution is -2.45. The molecule has 2 rings (SSSR count). The van der Waals surface area contributed by atoms with Crippen LogP contribution in [0.5, 0.6) is 5.88 Å². The van der Waals surface area contributed by atoms with E-state index in [1.54, 1.807) is 0 Å². The number of pyridine rings is 1. The van der Waals surface area contributed by atoms with E-state index in [0.717, 1.165) is 12.4 Å². The molecule has 1 fully saturated rings. The van der Waals surface area contributed by atoms with Crippen molar-refractivity contribution in [3.05, 3.63) is 12.1 Å². The van der Waals surface area contributed by atoms with Gasteiger partial charge in [0.05, 0.1) is 5.69 Å². The van der Waals surface area contributed by atoms with E-state index in [1.165, 1.54) is 19.4 Å². The SMILES string of the molecule is CN1CCCC(N(C)c2ccc(N)c(OC(C)(C)C)n2)C1. The topological polar surface area (TPSA) is 54.6 Å². The van der Waals surface area contributed by atoms with Gasteiger partial charge in [0.25, 0.3) is 0 Å². The summed E-state index contributed by atoms with van der Waals surface area (Å²) in [6, 6.07) is 4.34. The summed E-state index contributed by atoms with van der Waals surface area (Å²) in [5.41, 5.74) is 6.27. The predicted molar refractivity (Wildman–Crippen MR) is 88.0 cm³/mol. The lowest BCUT2D eigenvalue weighted by molar-refractivity contribution is 0.125. The number of likely N-dealkylation sites (N-methyl/N-ethyl adjacent to an activating group) is 2. The highest BCUT2D eigenvalue weighted by molar-refractivity contribution is 5.55. The minimum atomic E-state index is -0.302. The number of piperidine rings is 1. The molecular formula is C16H28N4O. The summed E-state index contributed by atoms with van der Waals surface area (Å²) in [6.07, 6.45) is 2.42. The first kappa shape index (κ1) is 15.9. The maximum Gasteiger partial charge on any atom is 0.239 e. The van der Waals surface area contributed by atoms with Gasteiger partial charge in [0.1, 0.15) is 11.4 Å². The molecule has 5 nitrogen and oxygen atoms in total. The van der Waals surface area contributed by atoms with E-state index in [9.17, 15) is 0 Å². The number of nitrogens with zero attached hydrogens (tertiary/aromatic N) is 3. The Bertz CT molecular complexity index is 484. The summed E-state index contributed by atoms with van der Waals surface area (Å²) in [7, 11) is 4.27. The van der Waals surface area contributed by atoms with Gasteiger partial charge in [-0.25, -0.2) is 0 Å². The molecule has 0 radical (unpaired) electrons. The molecule has 1 atom stereocenters. The lowest BCUT2D eigenvalue weighted by atomic mass is 10.1. The van der Waals surface area contributed by atoms with Crippen LogP contribution in [0.2, 0.25) is 0 Å². The van der Waals surface area contributed by atoms with Crippen molar-refractivity contribution < 1.29 is 4.74 Å². The normalized spacial score (nSPS) is 20.3. The van der Waals surface area contributed by atoms with E-state index in [0.29, 0.717) is 17.6 Å². The quantitative estimate of drug-likeness (QED) is 0.927. The van der Waals surface area contributed by atoms with E-state index in [4.69, 9.17) is 10.5 Å². The number of rotatable bonds is 3. The molecule has 0 amide bonds. The molecule has 1 unspecified atom stereocenters. The first-order valence-corrected chi connectivity index (χ1v) is 7.63. The van der Waals surface area contributed by atoms with Crippen LogP contribution in [0.25, 0.3) is 0 Å². The van der Waals surface area contributed by atoms with Crippen molar-refractivity contribution in [2.24, 2.45) is 0 Å². The molecule has 0 bridgehead atoms. The zero-order valence-corrected chi connectivity index (χ0v) is 13.9. The van der Waals surface area contributed by atoms with Gasteiger partial charge >= 0.3 is 0 Å². The number of ether oxygens (including phenoxy) is 1. The Morgan fingerprint density at radius 3 is 2.71 bits per heavy atom. The predicted octanol–water partition coefficient (Wildman–Crippen LogP) is 2.37. The van der Waals surface area contributed by atoms with E-state index in [2.05, 4.69) is 28.9 Å². The summed E-state index contributed by atoms with van der Waals surface area (Å²) in [5.74, 6) is 1.44. The van der Waals surface area contributed by atoms with E-state index < -0.39 is 0 Å². The molecule has 0 spiro atoms. The monoisotopic (exact) mass is 292 g/mol.